The predicted octanol–water partition coefficient (Wildman–Crippen LogP) is 0.629. The molecule has 0 fully saturated rings. The van der Waals surface area contributed by atoms with E-state index in [1.54, 1.807) is 0 Å². The molecule has 0 saturated carbocycles. The molecule has 0 atom stereocenters. The topological polar surface area (TPSA) is 105 Å². The van der Waals surface area contributed by atoms with Crippen LogP contribution in [0.3, 0.4) is 0 Å². The van der Waals surface area contributed by atoms with Crippen molar-refractivity contribution in [2.45, 2.75) is 24.3 Å². The van der Waals surface area contributed by atoms with E-state index in [4.69, 9.17) is 10.9 Å². The highest BCUT2D eigenvalue weighted by Crippen LogP contribution is 2.16. The van der Waals surface area contributed by atoms with Crippen molar-refractivity contribution >= 4 is 15.9 Å². The minimum atomic E-state index is -4.10. The molecular weight excluding hydrogens is 261 g/mol. The Bertz CT molecular complexity index is 569. The number of oxime groups is 1. The van der Waals surface area contributed by atoms with Gasteiger partial charge in [0.25, 0.3) is 0 Å². The van der Waals surface area contributed by atoms with Crippen LogP contribution in [0.5, 0.6) is 0 Å². The second kappa shape index (κ2) is 4.91. The Balaban J connectivity index is 3.15. The van der Waals surface area contributed by atoms with Crippen molar-refractivity contribution in [3.05, 3.63) is 30.1 Å². The minimum absolute atomic E-state index is 0.331. The van der Waals surface area contributed by atoms with Gasteiger partial charge in [-0.15, -0.1) is 0 Å². The number of nitrogens with one attached hydrogen (secondary N) is 1. The maximum atomic E-state index is 13.4. The molecule has 6 nitrogen and oxygen atoms in total. The standard InChI is InChI=1S/C10H14FN3O3S/c1-10(2,9(12)13-15)14-18(16,17)8-6-4-3-5-7(8)11/h3-6,14-15H,1-2H3,(H2,12,13). The third-order valence-corrected chi connectivity index (χ3v) is 3.95. The first-order chi connectivity index (χ1) is 8.20. The monoisotopic (exact) mass is 275 g/mol. The van der Waals surface area contributed by atoms with Gasteiger partial charge >= 0.3 is 0 Å². The number of benzene rings is 1. The Labute approximate surface area is 104 Å². The molecule has 0 aliphatic rings. The van der Waals surface area contributed by atoms with Gasteiger partial charge in [-0.3, -0.25) is 0 Å². The van der Waals surface area contributed by atoms with Crippen LogP contribution in [0.1, 0.15) is 13.8 Å². The molecule has 8 heteroatoms. The van der Waals surface area contributed by atoms with E-state index in [9.17, 15) is 12.8 Å². The summed E-state index contributed by atoms with van der Waals surface area (Å²) in [5, 5.41) is 11.3. The van der Waals surface area contributed by atoms with E-state index < -0.39 is 26.3 Å². The van der Waals surface area contributed by atoms with Gasteiger partial charge in [0.1, 0.15) is 10.7 Å². The van der Waals surface area contributed by atoms with Crippen LogP contribution in [0.4, 0.5) is 4.39 Å². The molecular formula is C10H14FN3O3S. The van der Waals surface area contributed by atoms with Gasteiger partial charge in [-0.1, -0.05) is 17.3 Å². The summed E-state index contributed by atoms with van der Waals surface area (Å²) >= 11 is 0. The zero-order valence-corrected chi connectivity index (χ0v) is 10.7. The zero-order chi connectivity index (χ0) is 14.0. The first-order valence-corrected chi connectivity index (χ1v) is 6.45. The Morgan fingerprint density at radius 3 is 2.50 bits per heavy atom. The lowest BCUT2D eigenvalue weighted by molar-refractivity contribution is 0.312. The number of hydrogen-bond acceptors (Lipinski definition) is 4. The second-order valence-corrected chi connectivity index (χ2v) is 5.80. The molecule has 0 spiro atoms. The summed E-state index contributed by atoms with van der Waals surface area (Å²) in [4.78, 5) is -0.496. The third kappa shape index (κ3) is 2.96. The molecule has 1 aromatic rings. The first kappa shape index (κ1) is 14.4. The van der Waals surface area contributed by atoms with Crippen molar-refractivity contribution in [3.63, 3.8) is 0 Å². The quantitative estimate of drug-likeness (QED) is 0.324. The summed E-state index contributed by atoms with van der Waals surface area (Å²) in [6.07, 6.45) is 0. The van der Waals surface area contributed by atoms with Crippen molar-refractivity contribution in [2.75, 3.05) is 0 Å². The summed E-state index contributed by atoms with van der Waals surface area (Å²) in [5.41, 5.74) is 4.02. The maximum absolute atomic E-state index is 13.4. The van der Waals surface area contributed by atoms with E-state index in [-0.39, 0.29) is 5.84 Å². The van der Waals surface area contributed by atoms with Crippen LogP contribution < -0.4 is 10.5 Å². The molecule has 0 unspecified atom stereocenters. The fourth-order valence-electron chi connectivity index (χ4n) is 1.23. The van der Waals surface area contributed by atoms with Crippen LogP contribution in [-0.4, -0.2) is 25.0 Å². The lowest BCUT2D eigenvalue weighted by Crippen LogP contribution is -2.53. The highest BCUT2D eigenvalue weighted by molar-refractivity contribution is 7.89. The van der Waals surface area contributed by atoms with E-state index in [1.165, 1.54) is 26.0 Å². The van der Waals surface area contributed by atoms with Crippen LogP contribution in [0.2, 0.25) is 0 Å². The minimum Gasteiger partial charge on any atom is -0.409 e. The number of sulfonamides is 1. The molecule has 1 aromatic carbocycles. The van der Waals surface area contributed by atoms with Gasteiger partial charge in [0.2, 0.25) is 10.0 Å². The Kier molecular flexibility index (Phi) is 3.92. The lowest BCUT2D eigenvalue weighted by Gasteiger charge is -2.24. The number of nitrogens with zero attached hydrogens (tertiary/aromatic N) is 1. The van der Waals surface area contributed by atoms with E-state index in [2.05, 4.69) is 9.88 Å². The van der Waals surface area contributed by atoms with E-state index in [0.717, 1.165) is 12.1 Å². The molecule has 18 heavy (non-hydrogen) atoms. The summed E-state index contributed by atoms with van der Waals surface area (Å²) in [7, 11) is -4.10. The van der Waals surface area contributed by atoms with Crippen LogP contribution in [0, 0.1) is 5.82 Å². The number of nitrogens with two attached hydrogens (primary N) is 1. The van der Waals surface area contributed by atoms with Crippen molar-refractivity contribution in [2.24, 2.45) is 10.9 Å². The van der Waals surface area contributed by atoms with Gasteiger partial charge in [0, 0.05) is 0 Å². The highest BCUT2D eigenvalue weighted by atomic mass is 32.2. The fraction of sp³-hybridized carbons (Fsp3) is 0.300. The molecule has 0 saturated heterocycles. The zero-order valence-electron chi connectivity index (χ0n) is 9.88. The van der Waals surface area contributed by atoms with Gasteiger partial charge < -0.3 is 10.9 Å². The Hall–Kier alpha value is -1.67. The summed E-state index contributed by atoms with van der Waals surface area (Å²) in [6, 6.07) is 4.93. The number of hydrogen-bond donors (Lipinski definition) is 3. The third-order valence-electron chi connectivity index (χ3n) is 2.26. The average Bonchev–Trinajstić information content (AvgIpc) is 2.26. The van der Waals surface area contributed by atoms with Gasteiger partial charge in [-0.25, -0.2) is 12.8 Å². The van der Waals surface area contributed by atoms with Gasteiger partial charge in [-0.2, -0.15) is 4.72 Å². The molecule has 1 rings (SSSR count). The van der Waals surface area contributed by atoms with Crippen molar-refractivity contribution in [3.8, 4) is 0 Å². The van der Waals surface area contributed by atoms with Gasteiger partial charge in [0.15, 0.2) is 5.84 Å². The molecule has 0 amide bonds. The van der Waals surface area contributed by atoms with E-state index >= 15 is 0 Å². The largest absolute Gasteiger partial charge is 0.409 e. The summed E-state index contributed by atoms with van der Waals surface area (Å²) in [5.74, 6) is -1.21. The number of rotatable bonds is 4. The second-order valence-electron chi connectivity index (χ2n) is 4.15. The Morgan fingerprint density at radius 2 is 2.00 bits per heavy atom. The van der Waals surface area contributed by atoms with Gasteiger partial charge in [-0.05, 0) is 26.0 Å². The van der Waals surface area contributed by atoms with Crippen molar-refractivity contribution < 1.29 is 18.0 Å². The molecule has 0 aromatic heterocycles. The van der Waals surface area contributed by atoms with Crippen LogP contribution >= 0.6 is 0 Å². The van der Waals surface area contributed by atoms with E-state index in [1.807, 2.05) is 0 Å². The summed E-state index contributed by atoms with van der Waals surface area (Å²) < 4.78 is 39.5. The van der Waals surface area contributed by atoms with Crippen molar-refractivity contribution in [1.82, 2.24) is 4.72 Å². The molecule has 100 valence electrons. The highest BCUT2D eigenvalue weighted by Gasteiger charge is 2.31. The molecule has 0 aliphatic heterocycles. The average molecular weight is 275 g/mol. The predicted molar refractivity (Wildman–Crippen MR) is 64.2 cm³/mol. The first-order valence-electron chi connectivity index (χ1n) is 4.97. The smallest absolute Gasteiger partial charge is 0.244 e. The van der Waals surface area contributed by atoms with Crippen LogP contribution in [0.25, 0.3) is 0 Å². The molecule has 0 bridgehead atoms. The van der Waals surface area contributed by atoms with Crippen LogP contribution in [0.15, 0.2) is 34.3 Å². The number of halogens is 1. The van der Waals surface area contributed by atoms with Crippen molar-refractivity contribution in [1.29, 1.82) is 0 Å². The summed E-state index contributed by atoms with van der Waals surface area (Å²) in [6.45, 7) is 2.78. The molecule has 0 radical (unpaired) electrons. The molecule has 4 N–H and O–H groups in total. The molecule has 0 heterocycles. The number of amidine groups is 1. The van der Waals surface area contributed by atoms with Crippen LogP contribution in [-0.2, 0) is 10.0 Å². The van der Waals surface area contributed by atoms with Gasteiger partial charge in [0.05, 0.1) is 5.54 Å². The normalized spacial score (nSPS) is 13.6. The maximum Gasteiger partial charge on any atom is 0.244 e. The lowest BCUT2D eigenvalue weighted by atomic mass is 10.1. The SMILES string of the molecule is CC(C)(NS(=O)(=O)c1ccccc1F)/C(N)=N/O. The van der Waals surface area contributed by atoms with E-state index in [0.29, 0.717) is 0 Å². The Morgan fingerprint density at radius 1 is 1.44 bits per heavy atom. The fourth-order valence-corrected chi connectivity index (χ4v) is 2.70. The molecule has 0 aliphatic carbocycles.